The van der Waals surface area contributed by atoms with Gasteiger partial charge in [0, 0.05) is 29.2 Å². The maximum Gasteiger partial charge on any atom is 0.335 e. The van der Waals surface area contributed by atoms with Crippen LogP contribution in [0.3, 0.4) is 0 Å². The van der Waals surface area contributed by atoms with Gasteiger partial charge in [-0.05, 0) is 49.2 Å². The minimum absolute atomic E-state index is 0.0877. The van der Waals surface area contributed by atoms with Crippen LogP contribution in [0.5, 0.6) is 0 Å². The molecule has 0 unspecified atom stereocenters. The van der Waals surface area contributed by atoms with Gasteiger partial charge in [-0.1, -0.05) is 30.3 Å². The molecular weight excluding hydrogens is 378 g/mol. The first-order valence-corrected chi connectivity index (χ1v) is 9.57. The largest absolute Gasteiger partial charge is 0.343 e. The van der Waals surface area contributed by atoms with Gasteiger partial charge in [0.05, 0.1) is 5.69 Å². The molecule has 1 N–H and O–H groups in total. The molecule has 0 radical (unpaired) electrons. The summed E-state index contributed by atoms with van der Waals surface area (Å²) < 4.78 is 1.99. The van der Waals surface area contributed by atoms with E-state index in [-0.39, 0.29) is 5.57 Å². The molecule has 0 bridgehead atoms. The molecule has 1 fully saturated rings. The maximum atomic E-state index is 13.2. The fraction of sp³-hybridized carbons (Fsp3) is 0.125. The molecule has 30 heavy (non-hydrogen) atoms. The van der Waals surface area contributed by atoms with E-state index in [1.54, 1.807) is 24.3 Å². The van der Waals surface area contributed by atoms with Gasteiger partial charge in [0.2, 0.25) is 0 Å². The van der Waals surface area contributed by atoms with Crippen molar-refractivity contribution in [1.82, 2.24) is 9.88 Å². The number of para-hydroxylation sites is 1. The van der Waals surface area contributed by atoms with Crippen molar-refractivity contribution in [2.24, 2.45) is 0 Å². The second-order valence-electron chi connectivity index (χ2n) is 7.35. The lowest BCUT2D eigenvalue weighted by molar-refractivity contribution is -0.122. The van der Waals surface area contributed by atoms with Crippen LogP contribution in [0.1, 0.15) is 16.7 Å². The molecular formula is C24H21N3O3. The van der Waals surface area contributed by atoms with Crippen LogP contribution in [0.4, 0.5) is 10.5 Å². The number of carbonyl (C=O) groups excluding carboxylic acids is 3. The summed E-state index contributed by atoms with van der Waals surface area (Å²) in [5.74, 6) is -1.35. The average molecular weight is 399 g/mol. The minimum atomic E-state index is -0.749. The number of nitrogens with one attached hydrogen (secondary N) is 1. The number of hydrogen-bond donors (Lipinski definition) is 1. The van der Waals surface area contributed by atoms with Gasteiger partial charge >= 0.3 is 6.03 Å². The van der Waals surface area contributed by atoms with Crippen molar-refractivity contribution in [1.29, 1.82) is 0 Å². The summed E-state index contributed by atoms with van der Waals surface area (Å²) >= 11 is 0. The zero-order chi connectivity index (χ0) is 21.4. The summed E-state index contributed by atoms with van der Waals surface area (Å²) in [6, 6.07) is 12.4. The number of anilines is 1. The van der Waals surface area contributed by atoms with Crippen molar-refractivity contribution in [2.45, 2.75) is 20.4 Å². The minimum Gasteiger partial charge on any atom is -0.343 e. The van der Waals surface area contributed by atoms with E-state index in [4.69, 9.17) is 0 Å². The van der Waals surface area contributed by atoms with Crippen molar-refractivity contribution in [3.8, 4) is 0 Å². The molecule has 3 aromatic rings. The van der Waals surface area contributed by atoms with E-state index in [9.17, 15) is 14.4 Å². The zero-order valence-corrected chi connectivity index (χ0v) is 16.8. The number of benzene rings is 2. The average Bonchev–Trinajstić information content (AvgIpc) is 3.02. The first-order valence-electron chi connectivity index (χ1n) is 9.57. The van der Waals surface area contributed by atoms with Crippen LogP contribution < -0.4 is 10.2 Å². The maximum absolute atomic E-state index is 13.2. The molecule has 1 aliphatic heterocycles. The molecule has 2 heterocycles. The number of imide groups is 2. The number of allylic oxidation sites excluding steroid dienone is 1. The SMILES string of the molecule is C=CCn1cc(/C=C2\C(=O)NC(=O)N(c3cc(C)cc(C)c3)C2=O)c2ccccc21. The predicted molar refractivity (Wildman–Crippen MR) is 117 cm³/mol. The fourth-order valence-electron chi connectivity index (χ4n) is 3.81. The first-order chi connectivity index (χ1) is 14.4. The van der Waals surface area contributed by atoms with E-state index in [0.29, 0.717) is 12.2 Å². The van der Waals surface area contributed by atoms with Gasteiger partial charge < -0.3 is 4.57 Å². The summed E-state index contributed by atoms with van der Waals surface area (Å²) in [6.45, 7) is 8.15. The molecule has 6 nitrogen and oxygen atoms in total. The van der Waals surface area contributed by atoms with E-state index in [1.807, 2.05) is 54.9 Å². The summed E-state index contributed by atoms with van der Waals surface area (Å²) in [7, 11) is 0. The normalized spacial score (nSPS) is 15.7. The highest BCUT2D eigenvalue weighted by molar-refractivity contribution is 6.39. The second-order valence-corrected chi connectivity index (χ2v) is 7.35. The van der Waals surface area contributed by atoms with Gasteiger partial charge in [0.15, 0.2) is 0 Å². The van der Waals surface area contributed by atoms with Crippen LogP contribution in [0.2, 0.25) is 0 Å². The molecule has 0 saturated carbocycles. The lowest BCUT2D eigenvalue weighted by Crippen LogP contribution is -2.54. The predicted octanol–water partition coefficient (Wildman–Crippen LogP) is 4.11. The number of barbiturate groups is 1. The molecule has 1 saturated heterocycles. The van der Waals surface area contributed by atoms with E-state index in [0.717, 1.165) is 32.5 Å². The Hall–Kier alpha value is -3.93. The smallest absolute Gasteiger partial charge is 0.335 e. The van der Waals surface area contributed by atoms with Crippen molar-refractivity contribution >= 4 is 40.5 Å². The number of carbonyl (C=O) groups is 3. The molecule has 6 heteroatoms. The van der Waals surface area contributed by atoms with Crippen molar-refractivity contribution in [3.63, 3.8) is 0 Å². The monoisotopic (exact) mass is 399 g/mol. The first kappa shape index (κ1) is 19.4. The topological polar surface area (TPSA) is 71.4 Å². The Kier molecular flexibility index (Phi) is 4.83. The molecule has 150 valence electrons. The number of aryl methyl sites for hydroxylation is 2. The Bertz CT molecular complexity index is 1230. The number of urea groups is 1. The Morgan fingerprint density at radius 3 is 2.43 bits per heavy atom. The second kappa shape index (κ2) is 7.48. The van der Waals surface area contributed by atoms with E-state index in [2.05, 4.69) is 11.9 Å². The van der Waals surface area contributed by atoms with E-state index >= 15 is 0 Å². The van der Waals surface area contributed by atoms with Gasteiger partial charge in [-0.15, -0.1) is 6.58 Å². The molecule has 1 aromatic heterocycles. The number of amides is 4. The van der Waals surface area contributed by atoms with Gasteiger partial charge in [0.1, 0.15) is 5.57 Å². The van der Waals surface area contributed by atoms with Gasteiger partial charge in [-0.25, -0.2) is 9.69 Å². The van der Waals surface area contributed by atoms with Crippen LogP contribution in [-0.4, -0.2) is 22.4 Å². The van der Waals surface area contributed by atoms with Crippen LogP contribution in [0.15, 0.2) is 66.9 Å². The van der Waals surface area contributed by atoms with Crippen molar-refractivity contribution < 1.29 is 14.4 Å². The standard InChI is InChI=1S/C24H21N3O3/c1-4-9-26-14-17(19-7-5-6-8-21(19)26)13-20-22(28)25-24(30)27(23(20)29)18-11-15(2)10-16(3)12-18/h4-8,10-14H,1,9H2,2-3H3,(H,25,28,30)/b20-13+. The third-order valence-electron chi connectivity index (χ3n) is 5.01. The van der Waals surface area contributed by atoms with E-state index in [1.165, 1.54) is 0 Å². The summed E-state index contributed by atoms with van der Waals surface area (Å²) in [5, 5.41) is 3.19. The highest BCUT2D eigenvalue weighted by Crippen LogP contribution is 2.27. The molecule has 1 aliphatic rings. The number of hydrogen-bond acceptors (Lipinski definition) is 3. The molecule has 0 spiro atoms. The molecule has 4 rings (SSSR count). The van der Waals surface area contributed by atoms with Crippen LogP contribution in [0.25, 0.3) is 17.0 Å². The van der Waals surface area contributed by atoms with Crippen molar-refractivity contribution in [3.05, 3.63) is 83.6 Å². The van der Waals surface area contributed by atoms with Gasteiger partial charge in [-0.2, -0.15) is 0 Å². The molecule has 4 amide bonds. The van der Waals surface area contributed by atoms with Crippen LogP contribution in [0, 0.1) is 13.8 Å². The molecule has 0 atom stereocenters. The van der Waals surface area contributed by atoms with Gasteiger partial charge in [0.25, 0.3) is 11.8 Å². The Labute approximate surface area is 174 Å². The Morgan fingerprint density at radius 1 is 1.03 bits per heavy atom. The summed E-state index contributed by atoms with van der Waals surface area (Å²) in [5.41, 5.74) is 3.87. The Balaban J connectivity index is 1.82. The zero-order valence-electron chi connectivity index (χ0n) is 16.8. The third-order valence-corrected chi connectivity index (χ3v) is 5.01. The van der Waals surface area contributed by atoms with Crippen molar-refractivity contribution in [2.75, 3.05) is 4.90 Å². The fourth-order valence-corrected chi connectivity index (χ4v) is 3.81. The highest BCUT2D eigenvalue weighted by Gasteiger charge is 2.37. The summed E-state index contributed by atoms with van der Waals surface area (Å²) in [6.07, 6.45) is 5.20. The van der Waals surface area contributed by atoms with E-state index < -0.39 is 17.8 Å². The lowest BCUT2D eigenvalue weighted by Gasteiger charge is -2.26. The highest BCUT2D eigenvalue weighted by atomic mass is 16.2. The summed E-state index contributed by atoms with van der Waals surface area (Å²) in [4.78, 5) is 39.2. The third kappa shape index (κ3) is 3.33. The number of aromatic nitrogens is 1. The lowest BCUT2D eigenvalue weighted by atomic mass is 10.0. The molecule has 0 aliphatic carbocycles. The van der Waals surface area contributed by atoms with Gasteiger partial charge in [-0.3, -0.25) is 14.9 Å². The van der Waals surface area contributed by atoms with Crippen LogP contribution >= 0.6 is 0 Å². The number of nitrogens with zero attached hydrogens (tertiary/aromatic N) is 2. The van der Waals surface area contributed by atoms with Crippen LogP contribution in [-0.2, 0) is 16.1 Å². The molecule has 2 aromatic carbocycles. The quantitative estimate of drug-likeness (QED) is 0.408. The number of rotatable bonds is 4. The Morgan fingerprint density at radius 2 is 1.73 bits per heavy atom. The number of fused-ring (bicyclic) bond motifs is 1.